The lowest BCUT2D eigenvalue weighted by atomic mass is 9.88. The number of thiol groups is 1. The van der Waals surface area contributed by atoms with Gasteiger partial charge in [0.1, 0.15) is 12.4 Å². The standard InChI is InChI=1S/C82H146N34O15S/c1-47(117)49-25-23-48(24-26-49)37-55(68(83)125)39-57(119)45-131-36-12-22-63(120)62(46-132)116-73(130)54(17-7-31-107-78(92)93)43-67(124)61(21-11-35-111-82(100)101)115-72(129)53(16-6-30-106-77(90)91)42-66(123)60(20-10-34-110-81(98)99)114-71(128)52(15-5-29-105-76(88)89)41-65(122)59(19-9-33-109-80(96)97)113-70(127)51(14-4-28-104-75(86)87)40-64(121)58(18-8-32-108-79(94)95)112-69(126)50(38-56(118)44-102-2)13-3-27-103-74(84)85/h23-26,50-55,58-62,102,132H,3-22,27-46H2,1-2H3,(H2,83,125)(H,112,126)(H,113,127)(H,114,128)(H,115,129)(H,116,130)(H4,84,85,103)(H4,86,87,104)(H4,88,89,105)(H4,90,91,106)(H4,92,93,107)(H4,94,95,108)(H4,96,97,109)(H4,98,99,110)(H4,100,101,111)/t50-,51-,52-,53-,54-,55+,58+,59+,60+,61+,62+/m0/s1. The van der Waals surface area contributed by atoms with Crippen molar-refractivity contribution in [2.24, 2.45) is 92.8 Å². The second kappa shape index (κ2) is 67.3. The summed E-state index contributed by atoms with van der Waals surface area (Å²) in [6.07, 6.45) is -2.62. The zero-order chi connectivity index (χ0) is 99.2. The van der Waals surface area contributed by atoms with E-state index in [2.05, 4.69) is 92.4 Å². The van der Waals surface area contributed by atoms with Crippen LogP contribution in [0.4, 0.5) is 0 Å². The average molecular weight is 1880 g/mol. The first-order chi connectivity index (χ1) is 62.5. The van der Waals surface area contributed by atoms with Crippen molar-refractivity contribution >= 4 is 148 Å². The molecule has 1 aromatic carbocycles. The summed E-state index contributed by atoms with van der Waals surface area (Å²) in [5.74, 6) is -19.7. The highest BCUT2D eigenvalue weighted by atomic mass is 32.1. The molecule has 0 heterocycles. The molecule has 132 heavy (non-hydrogen) atoms. The van der Waals surface area contributed by atoms with Crippen molar-refractivity contribution in [1.82, 2.24) is 79.8 Å². The van der Waals surface area contributed by atoms with Crippen molar-refractivity contribution in [2.75, 3.05) is 91.5 Å². The summed E-state index contributed by atoms with van der Waals surface area (Å²) in [6, 6.07) is -0.316. The van der Waals surface area contributed by atoms with Crippen LogP contribution in [0.1, 0.15) is 190 Å². The van der Waals surface area contributed by atoms with Gasteiger partial charge >= 0.3 is 0 Å². The lowest BCUT2D eigenvalue weighted by Gasteiger charge is -2.27. The Hall–Kier alpha value is -12.9. The SMILES string of the molecule is CNCC(=O)C[C@H](CCCNC(=N)N)C(=O)N[C@H](CCCNC(=N)N)C(=O)C[C@H](CCCNC(=N)N)C(=O)N[C@H](CCCNC(=N)N)C(=O)C[C@H](CCCNC(=N)N)C(=O)N[C@H](CCCNC(=N)N)C(=O)C[C@H](CCCNC(=N)N)C(=O)N[C@H](CCCNC(=N)N)C(=O)C[C@H](CCCNC(=N)N)C(=O)N[C@H](CS)C(=O)CCCOCC(=O)C[C@@H](Cc1ccc(C(C)=O)cc1)C(N)=O. The molecule has 0 aliphatic carbocycles. The van der Waals surface area contributed by atoms with E-state index in [1.807, 2.05) is 0 Å². The Morgan fingerprint density at radius 1 is 0.326 bits per heavy atom. The molecular weight excluding hydrogens is 1730 g/mol. The summed E-state index contributed by atoms with van der Waals surface area (Å²) < 4.78 is 5.57. The Morgan fingerprint density at radius 2 is 0.576 bits per heavy atom. The van der Waals surface area contributed by atoms with Crippen molar-refractivity contribution in [3.8, 4) is 0 Å². The van der Waals surface area contributed by atoms with E-state index in [9.17, 15) is 43.2 Å². The van der Waals surface area contributed by atoms with Gasteiger partial charge in [-0.1, -0.05) is 24.3 Å². The van der Waals surface area contributed by atoms with Crippen LogP contribution in [0.2, 0.25) is 0 Å². The lowest BCUT2D eigenvalue weighted by Crippen LogP contribution is -2.49. The largest absolute Gasteiger partial charge is 0.374 e. The normalized spacial score (nSPS) is 13.4. The monoisotopic (exact) mass is 1880 g/mol. The van der Waals surface area contributed by atoms with E-state index in [0.29, 0.717) is 11.1 Å². The minimum absolute atomic E-state index is 0.000886. The van der Waals surface area contributed by atoms with Crippen LogP contribution in [0.5, 0.6) is 0 Å². The maximum absolute atomic E-state index is 15.3. The molecule has 49 nitrogen and oxygen atoms in total. The van der Waals surface area contributed by atoms with Gasteiger partial charge in [-0.3, -0.25) is 116 Å². The number of ether oxygens (including phenoxy) is 1. The number of hydrogen-bond donors (Lipinski definition) is 35. The summed E-state index contributed by atoms with van der Waals surface area (Å²) in [5, 5.41) is 110. The zero-order valence-corrected chi connectivity index (χ0v) is 76.7. The summed E-state index contributed by atoms with van der Waals surface area (Å²) in [5.41, 5.74) is 57.1. The number of ketones is 8. The first-order valence-electron chi connectivity index (χ1n) is 44.1. The fraction of sp³-hybridized carbons (Fsp3) is 0.646. The number of amides is 6. The molecule has 0 unspecified atom stereocenters. The van der Waals surface area contributed by atoms with Crippen LogP contribution in [0, 0.1) is 84.2 Å². The van der Waals surface area contributed by atoms with Gasteiger partial charge in [0, 0.05) is 157 Å². The second-order valence-corrected chi connectivity index (χ2v) is 32.6. The van der Waals surface area contributed by atoms with Crippen LogP contribution in [-0.2, 0) is 73.5 Å². The van der Waals surface area contributed by atoms with Crippen LogP contribution >= 0.6 is 12.6 Å². The Morgan fingerprint density at radius 3 is 0.818 bits per heavy atom. The summed E-state index contributed by atoms with van der Waals surface area (Å²) >= 11 is 4.36. The molecule has 0 fully saturated rings. The van der Waals surface area contributed by atoms with Crippen molar-refractivity contribution in [2.45, 2.75) is 210 Å². The van der Waals surface area contributed by atoms with Crippen LogP contribution < -0.4 is 137 Å². The molecule has 0 saturated heterocycles. The lowest BCUT2D eigenvalue weighted by molar-refractivity contribution is -0.136. The highest BCUT2D eigenvalue weighted by molar-refractivity contribution is 7.80. The molecule has 0 spiro atoms. The molecule has 0 aromatic heterocycles. The highest BCUT2D eigenvalue weighted by Crippen LogP contribution is 2.25. The number of hydrogen-bond acceptors (Lipinski definition) is 26. The van der Waals surface area contributed by atoms with Crippen LogP contribution in [-0.4, -0.2) is 257 Å². The third kappa shape index (κ3) is 55.2. The van der Waals surface area contributed by atoms with Gasteiger partial charge in [0.2, 0.25) is 35.4 Å². The molecule has 0 bridgehead atoms. The third-order valence-corrected chi connectivity index (χ3v) is 21.4. The van der Waals surface area contributed by atoms with E-state index in [4.69, 9.17) is 111 Å². The fourth-order valence-corrected chi connectivity index (χ4v) is 14.4. The minimum Gasteiger partial charge on any atom is -0.374 e. The van der Waals surface area contributed by atoms with E-state index >= 15 is 24.0 Å². The van der Waals surface area contributed by atoms with E-state index in [1.165, 1.54) is 6.92 Å². The van der Waals surface area contributed by atoms with Gasteiger partial charge < -0.3 is 142 Å². The molecule has 50 heteroatoms. The Kier molecular flexibility index (Phi) is 59.7. The molecule has 0 aliphatic heterocycles. The number of guanidine groups is 9. The number of Topliss-reactive ketones (excluding diaryl/α,β-unsaturated/α-hetero) is 8. The molecule has 0 saturated carbocycles. The predicted molar refractivity (Wildman–Crippen MR) is 503 cm³/mol. The smallest absolute Gasteiger partial charge is 0.224 e. The number of likely N-dealkylation sites (N-methyl/N-ethyl adjacent to an activating group) is 1. The van der Waals surface area contributed by atoms with E-state index in [-0.39, 0.29) is 255 Å². The Labute approximate surface area is 775 Å². The molecule has 11 atom stereocenters. The molecule has 6 amide bonds. The van der Waals surface area contributed by atoms with Gasteiger partial charge in [-0.05, 0) is 148 Å². The summed E-state index contributed by atoms with van der Waals surface area (Å²) in [7, 11) is 1.55. The van der Waals surface area contributed by atoms with Crippen LogP contribution in [0.15, 0.2) is 24.3 Å². The highest BCUT2D eigenvalue weighted by Gasteiger charge is 2.38. The van der Waals surface area contributed by atoms with Crippen molar-refractivity contribution in [3.63, 3.8) is 0 Å². The number of benzene rings is 1. The quantitative estimate of drug-likeness (QED) is 0.00952. The number of carbonyl (C=O) groups is 14. The number of primary amides is 1. The maximum Gasteiger partial charge on any atom is 0.224 e. The Bertz CT molecular complexity index is 4010. The van der Waals surface area contributed by atoms with Crippen molar-refractivity contribution < 1.29 is 71.9 Å². The van der Waals surface area contributed by atoms with E-state index in [0.717, 1.165) is 0 Å². The molecular formula is C82H146N34O15S. The van der Waals surface area contributed by atoms with Gasteiger partial charge in [0.25, 0.3) is 0 Å². The van der Waals surface area contributed by atoms with Gasteiger partial charge in [0.05, 0.1) is 36.8 Å². The fourth-order valence-electron chi connectivity index (χ4n) is 14.1. The van der Waals surface area contributed by atoms with Crippen molar-refractivity contribution in [1.29, 1.82) is 48.7 Å². The average Bonchev–Trinajstić information content (AvgIpc) is 0.677. The van der Waals surface area contributed by atoms with Gasteiger partial charge in [-0.15, -0.1) is 0 Å². The van der Waals surface area contributed by atoms with E-state index < -0.39 is 204 Å². The Balaban J connectivity index is 4.01. The van der Waals surface area contributed by atoms with Crippen LogP contribution in [0.25, 0.3) is 0 Å². The van der Waals surface area contributed by atoms with Gasteiger partial charge in [-0.2, -0.15) is 12.6 Å². The van der Waals surface area contributed by atoms with Gasteiger partial charge in [0.15, 0.2) is 94.1 Å². The van der Waals surface area contributed by atoms with Crippen molar-refractivity contribution in [3.05, 3.63) is 35.4 Å². The maximum atomic E-state index is 15.3. The molecule has 0 radical (unpaired) electrons. The summed E-state index contributed by atoms with van der Waals surface area (Å²) in [4.78, 5) is 198. The molecule has 740 valence electrons. The number of nitrogens with two attached hydrogens (primary N) is 10. The minimum atomic E-state index is -1.48. The molecule has 1 aromatic rings. The molecule has 44 N–H and O–H groups in total. The number of rotatable bonds is 76. The van der Waals surface area contributed by atoms with Gasteiger partial charge in [-0.25, -0.2) is 0 Å². The first-order valence-corrected chi connectivity index (χ1v) is 44.7. The first kappa shape index (κ1) is 117. The van der Waals surface area contributed by atoms with Crippen LogP contribution in [0.3, 0.4) is 0 Å². The molecule has 0 aliphatic rings. The second-order valence-electron chi connectivity index (χ2n) is 32.2. The zero-order valence-electron chi connectivity index (χ0n) is 75.8. The van der Waals surface area contributed by atoms with E-state index in [1.54, 1.807) is 31.3 Å². The summed E-state index contributed by atoms with van der Waals surface area (Å²) in [6.45, 7) is 1.22. The predicted octanol–water partition coefficient (Wildman–Crippen LogP) is -5.32. The molecule has 1 rings (SSSR count). The third-order valence-electron chi connectivity index (χ3n) is 21.1. The topological polar surface area (TPSA) is 904 Å². The number of nitrogens with one attached hydrogen (secondary N) is 24. The number of carbonyl (C=O) groups excluding carboxylic acids is 14.